The second-order valence-electron chi connectivity index (χ2n) is 2.63. The average Bonchev–Trinajstić information content (AvgIpc) is 1.80. The summed E-state index contributed by atoms with van der Waals surface area (Å²) < 4.78 is 12.5. The van der Waals surface area contributed by atoms with Crippen molar-refractivity contribution in [2.24, 2.45) is 0 Å². The van der Waals surface area contributed by atoms with Crippen LogP contribution in [0, 0.1) is 0 Å². The summed E-state index contributed by atoms with van der Waals surface area (Å²) >= 11 is 0. The Morgan fingerprint density at radius 2 is 2.33 bits per heavy atom. The molecule has 1 aliphatic heterocycles. The zero-order chi connectivity index (χ0) is 6.85. The largest absolute Gasteiger partial charge is 0.389 e. The molecule has 1 fully saturated rings. The Bertz CT molecular complexity index is 99.1. The van der Waals surface area contributed by atoms with Gasteiger partial charge in [-0.2, -0.15) is 0 Å². The molecular weight excluding hydrogens is 121 g/mol. The highest BCUT2D eigenvalue weighted by molar-refractivity contribution is 4.77. The Morgan fingerprint density at radius 3 is 2.78 bits per heavy atom. The number of hydrogen-bond acceptors (Lipinski definition) is 2. The molecule has 0 aromatic carbocycles. The lowest BCUT2D eigenvalue weighted by Crippen LogP contribution is -2.42. The summed E-state index contributed by atoms with van der Waals surface area (Å²) in [5.41, 5.74) is 0. The van der Waals surface area contributed by atoms with Gasteiger partial charge in [0.2, 0.25) is 0 Å². The minimum absolute atomic E-state index is 0.470. The Morgan fingerprint density at radius 1 is 1.67 bits per heavy atom. The summed E-state index contributed by atoms with van der Waals surface area (Å²) in [5.74, 6) is 0. The van der Waals surface area contributed by atoms with Gasteiger partial charge in [-0.3, -0.25) is 0 Å². The number of rotatable bonds is 0. The standard InChI is InChI=1S/C6H12FNO/c1-8-3-2-5(7)6(9)4-8/h5-6,9H,2-4H2,1H3. The second kappa shape index (κ2) is 2.62. The number of nitrogens with zero attached hydrogens (tertiary/aromatic N) is 1. The number of piperidine rings is 1. The zero-order valence-electron chi connectivity index (χ0n) is 5.55. The van der Waals surface area contributed by atoms with Gasteiger partial charge in [0.1, 0.15) is 6.17 Å². The normalized spacial score (nSPS) is 39.0. The maximum Gasteiger partial charge on any atom is 0.128 e. The number of likely N-dealkylation sites (tertiary alicyclic amines) is 1. The van der Waals surface area contributed by atoms with Crippen molar-refractivity contribution in [2.45, 2.75) is 18.7 Å². The van der Waals surface area contributed by atoms with Gasteiger partial charge in [-0.05, 0) is 13.5 Å². The number of likely N-dealkylation sites (N-methyl/N-ethyl adjacent to an activating group) is 1. The van der Waals surface area contributed by atoms with Crippen molar-refractivity contribution in [2.75, 3.05) is 20.1 Å². The maximum atomic E-state index is 12.5. The molecule has 1 rings (SSSR count). The van der Waals surface area contributed by atoms with E-state index in [9.17, 15) is 4.39 Å². The number of halogens is 1. The third-order valence-electron chi connectivity index (χ3n) is 1.70. The highest BCUT2D eigenvalue weighted by atomic mass is 19.1. The Labute approximate surface area is 54.3 Å². The van der Waals surface area contributed by atoms with Crippen LogP contribution in [-0.4, -0.2) is 42.4 Å². The number of β-amino-alcohol motifs (C(OH)–C–C–N with tert-alkyl or cyclic N) is 1. The Kier molecular flexibility index (Phi) is 2.03. The monoisotopic (exact) mass is 133 g/mol. The molecule has 1 N–H and O–H groups in total. The number of aliphatic hydroxyl groups excluding tert-OH is 1. The van der Waals surface area contributed by atoms with Crippen LogP contribution in [0.5, 0.6) is 0 Å². The Balaban J connectivity index is 2.35. The molecule has 0 aromatic heterocycles. The van der Waals surface area contributed by atoms with Crippen molar-refractivity contribution in [1.29, 1.82) is 0 Å². The fraction of sp³-hybridized carbons (Fsp3) is 1.00. The van der Waals surface area contributed by atoms with Crippen LogP contribution in [0.1, 0.15) is 6.42 Å². The molecule has 0 aliphatic carbocycles. The maximum absolute atomic E-state index is 12.5. The summed E-state index contributed by atoms with van der Waals surface area (Å²) in [6, 6.07) is 0. The lowest BCUT2D eigenvalue weighted by molar-refractivity contribution is 0.0126. The molecule has 2 atom stereocenters. The van der Waals surface area contributed by atoms with Crippen LogP contribution >= 0.6 is 0 Å². The van der Waals surface area contributed by atoms with Crippen molar-refractivity contribution >= 4 is 0 Å². The fourth-order valence-corrected chi connectivity index (χ4v) is 1.06. The Hall–Kier alpha value is -0.150. The van der Waals surface area contributed by atoms with E-state index in [0.717, 1.165) is 6.54 Å². The summed E-state index contributed by atoms with van der Waals surface area (Å²) in [6.07, 6.45) is -1.29. The van der Waals surface area contributed by atoms with E-state index in [1.165, 1.54) is 0 Å². The van der Waals surface area contributed by atoms with Gasteiger partial charge in [0.25, 0.3) is 0 Å². The molecule has 0 radical (unpaired) electrons. The third-order valence-corrected chi connectivity index (χ3v) is 1.70. The SMILES string of the molecule is CN1CCC(F)C(O)C1. The highest BCUT2D eigenvalue weighted by Gasteiger charge is 2.24. The second-order valence-corrected chi connectivity index (χ2v) is 2.63. The number of hydrogen-bond donors (Lipinski definition) is 1. The van der Waals surface area contributed by atoms with Gasteiger partial charge in [-0.1, -0.05) is 0 Å². The fourth-order valence-electron chi connectivity index (χ4n) is 1.06. The van der Waals surface area contributed by atoms with Crippen molar-refractivity contribution in [3.05, 3.63) is 0 Å². The van der Waals surface area contributed by atoms with Crippen LogP contribution in [0.15, 0.2) is 0 Å². The predicted molar refractivity (Wildman–Crippen MR) is 33.0 cm³/mol. The minimum atomic E-state index is -0.999. The molecular formula is C6H12FNO. The lowest BCUT2D eigenvalue weighted by Gasteiger charge is -2.28. The quantitative estimate of drug-likeness (QED) is 0.503. The third kappa shape index (κ3) is 1.63. The van der Waals surface area contributed by atoms with Crippen LogP contribution in [-0.2, 0) is 0 Å². The van der Waals surface area contributed by atoms with Crippen molar-refractivity contribution in [1.82, 2.24) is 4.90 Å². The first-order valence-electron chi connectivity index (χ1n) is 3.21. The zero-order valence-corrected chi connectivity index (χ0v) is 5.55. The molecule has 3 heteroatoms. The van der Waals surface area contributed by atoms with E-state index in [0.29, 0.717) is 13.0 Å². The first kappa shape index (κ1) is 6.96. The first-order valence-corrected chi connectivity index (χ1v) is 3.21. The van der Waals surface area contributed by atoms with Crippen LogP contribution in [0.25, 0.3) is 0 Å². The van der Waals surface area contributed by atoms with Gasteiger partial charge in [0.05, 0.1) is 6.10 Å². The molecule has 1 aliphatic rings. The smallest absolute Gasteiger partial charge is 0.128 e. The lowest BCUT2D eigenvalue weighted by atomic mass is 10.1. The summed E-state index contributed by atoms with van der Waals surface area (Å²) in [5, 5.41) is 8.93. The summed E-state index contributed by atoms with van der Waals surface area (Å²) in [7, 11) is 1.88. The van der Waals surface area contributed by atoms with Gasteiger partial charge in [-0.15, -0.1) is 0 Å². The van der Waals surface area contributed by atoms with Gasteiger partial charge in [0.15, 0.2) is 0 Å². The van der Waals surface area contributed by atoms with Crippen molar-refractivity contribution in [3.8, 4) is 0 Å². The summed E-state index contributed by atoms with van der Waals surface area (Å²) in [6.45, 7) is 1.24. The average molecular weight is 133 g/mol. The van der Waals surface area contributed by atoms with Crippen molar-refractivity contribution in [3.63, 3.8) is 0 Å². The topological polar surface area (TPSA) is 23.5 Å². The minimum Gasteiger partial charge on any atom is -0.389 e. The molecule has 0 spiro atoms. The molecule has 0 aromatic rings. The van der Waals surface area contributed by atoms with Gasteiger partial charge >= 0.3 is 0 Å². The van der Waals surface area contributed by atoms with Gasteiger partial charge in [0, 0.05) is 13.1 Å². The van der Waals surface area contributed by atoms with Gasteiger partial charge in [-0.25, -0.2) is 4.39 Å². The van der Waals surface area contributed by atoms with E-state index in [4.69, 9.17) is 5.11 Å². The van der Waals surface area contributed by atoms with E-state index in [1.807, 2.05) is 11.9 Å². The van der Waals surface area contributed by atoms with E-state index >= 15 is 0 Å². The molecule has 2 unspecified atom stereocenters. The molecule has 2 nitrogen and oxygen atoms in total. The van der Waals surface area contributed by atoms with Crippen LogP contribution < -0.4 is 0 Å². The number of alkyl halides is 1. The summed E-state index contributed by atoms with van der Waals surface area (Å²) in [4.78, 5) is 1.93. The molecule has 1 heterocycles. The highest BCUT2D eigenvalue weighted by Crippen LogP contribution is 2.11. The predicted octanol–water partition coefficient (Wildman–Crippen LogP) is 0.0209. The van der Waals surface area contributed by atoms with Crippen LogP contribution in [0.2, 0.25) is 0 Å². The van der Waals surface area contributed by atoms with Crippen LogP contribution in [0.3, 0.4) is 0 Å². The van der Waals surface area contributed by atoms with E-state index in [2.05, 4.69) is 0 Å². The molecule has 0 bridgehead atoms. The molecule has 54 valence electrons. The van der Waals surface area contributed by atoms with Crippen LogP contribution in [0.4, 0.5) is 4.39 Å². The van der Waals surface area contributed by atoms with E-state index in [-0.39, 0.29) is 0 Å². The molecule has 0 amide bonds. The van der Waals surface area contributed by atoms with E-state index < -0.39 is 12.3 Å². The molecule has 0 saturated carbocycles. The first-order chi connectivity index (χ1) is 4.20. The molecule has 9 heavy (non-hydrogen) atoms. The van der Waals surface area contributed by atoms with Gasteiger partial charge < -0.3 is 10.0 Å². The van der Waals surface area contributed by atoms with Crippen molar-refractivity contribution < 1.29 is 9.50 Å². The van der Waals surface area contributed by atoms with E-state index in [1.54, 1.807) is 0 Å². The number of aliphatic hydroxyl groups is 1. The molecule has 1 saturated heterocycles.